The van der Waals surface area contributed by atoms with Gasteiger partial charge in [-0.15, -0.1) is 0 Å². The standard InChI is InChI=1S/C57H47N5/c1-38-35-48(42-31-29-41(30-32-42)40-17-7-3-8-18-40)33-34-51(38)53-39(2)52(43-19-9-4-10-20-43)58-56(59-53)49-27-15-25-46(36-49)47-26-16-28-50(37-47)57-61-54(44-21-11-5-12-22-44)60-55(62-57)45-23-13-6-14-24-45/h3-29,31-38,41,51,57H,30H2,1-2H3,(H,60,61,62). The van der Waals surface area contributed by atoms with Gasteiger partial charge < -0.3 is 5.32 Å². The molecule has 1 aromatic heterocycles. The number of hydrogen-bond acceptors (Lipinski definition) is 5. The van der Waals surface area contributed by atoms with Gasteiger partial charge >= 0.3 is 0 Å². The van der Waals surface area contributed by atoms with E-state index in [0.29, 0.717) is 5.92 Å². The molecule has 6 aromatic carbocycles. The second-order valence-corrected chi connectivity index (χ2v) is 16.3. The molecular formula is C57H47N5. The molecule has 1 aliphatic heterocycles. The monoisotopic (exact) mass is 801 g/mol. The highest BCUT2D eigenvalue weighted by Crippen LogP contribution is 2.40. The molecule has 7 aromatic rings. The van der Waals surface area contributed by atoms with E-state index in [4.69, 9.17) is 20.0 Å². The van der Waals surface area contributed by atoms with Crippen LogP contribution in [0.3, 0.4) is 0 Å². The van der Waals surface area contributed by atoms with Gasteiger partial charge in [-0.05, 0) is 70.4 Å². The Morgan fingerprint density at radius 1 is 0.516 bits per heavy atom. The normalized spacial score (nSPS) is 18.6. The van der Waals surface area contributed by atoms with Crippen molar-refractivity contribution in [3.05, 3.63) is 251 Å². The van der Waals surface area contributed by atoms with Gasteiger partial charge in [-0.25, -0.2) is 20.0 Å². The number of hydrogen-bond donors (Lipinski definition) is 1. The minimum atomic E-state index is -0.419. The smallest absolute Gasteiger partial charge is 0.169 e. The van der Waals surface area contributed by atoms with Crippen LogP contribution in [0.4, 0.5) is 0 Å². The number of nitrogens with one attached hydrogen (secondary N) is 1. The van der Waals surface area contributed by atoms with E-state index in [1.807, 2.05) is 36.4 Å². The highest BCUT2D eigenvalue weighted by atomic mass is 15.2. The van der Waals surface area contributed by atoms with Crippen molar-refractivity contribution in [3.8, 4) is 33.8 Å². The summed E-state index contributed by atoms with van der Waals surface area (Å²) in [5.41, 5.74) is 14.3. The second-order valence-electron chi connectivity index (χ2n) is 16.3. The maximum Gasteiger partial charge on any atom is 0.169 e. The van der Waals surface area contributed by atoms with E-state index in [9.17, 15) is 0 Å². The third kappa shape index (κ3) is 8.05. The number of benzene rings is 6. The Kier molecular flexibility index (Phi) is 10.8. The number of rotatable bonds is 9. The van der Waals surface area contributed by atoms with Crippen molar-refractivity contribution in [1.82, 2.24) is 15.3 Å². The first-order chi connectivity index (χ1) is 30.5. The lowest BCUT2D eigenvalue weighted by atomic mass is 9.80. The fourth-order valence-corrected chi connectivity index (χ4v) is 8.81. The number of allylic oxidation sites excluding steroid dienone is 8. The number of amidine groups is 2. The first-order valence-corrected chi connectivity index (χ1v) is 21.6. The summed E-state index contributed by atoms with van der Waals surface area (Å²) in [6, 6.07) is 59.0. The molecule has 300 valence electrons. The minimum Gasteiger partial charge on any atom is -0.324 e. The molecule has 0 bridgehead atoms. The van der Waals surface area contributed by atoms with E-state index in [2.05, 4.69) is 189 Å². The highest BCUT2D eigenvalue weighted by molar-refractivity contribution is 6.15. The summed E-state index contributed by atoms with van der Waals surface area (Å²) < 4.78 is 0. The number of aliphatic imine (C=N–C) groups is 2. The fraction of sp³-hybridized carbons (Fsp3) is 0.123. The van der Waals surface area contributed by atoms with Crippen LogP contribution in [0.2, 0.25) is 0 Å². The van der Waals surface area contributed by atoms with Gasteiger partial charge in [0.25, 0.3) is 0 Å². The molecule has 5 heteroatoms. The summed E-state index contributed by atoms with van der Waals surface area (Å²) in [5.74, 6) is 3.06. The lowest BCUT2D eigenvalue weighted by molar-refractivity contribution is 0.612. The van der Waals surface area contributed by atoms with Crippen molar-refractivity contribution in [2.45, 2.75) is 38.3 Å². The molecule has 0 saturated carbocycles. The van der Waals surface area contributed by atoms with Crippen LogP contribution in [0.15, 0.2) is 227 Å². The van der Waals surface area contributed by atoms with Gasteiger partial charge in [-0.1, -0.05) is 201 Å². The van der Waals surface area contributed by atoms with Crippen LogP contribution in [0.1, 0.15) is 64.9 Å². The van der Waals surface area contributed by atoms with E-state index < -0.39 is 6.17 Å². The van der Waals surface area contributed by atoms with Gasteiger partial charge in [-0.2, -0.15) is 0 Å². The Morgan fingerprint density at radius 2 is 1.06 bits per heavy atom. The Bertz CT molecular complexity index is 2870. The maximum absolute atomic E-state index is 5.42. The topological polar surface area (TPSA) is 62.5 Å². The maximum atomic E-state index is 5.42. The average Bonchev–Trinajstić information content (AvgIpc) is 3.35. The van der Waals surface area contributed by atoms with Gasteiger partial charge in [0.05, 0.1) is 11.4 Å². The molecule has 0 fully saturated rings. The molecular weight excluding hydrogens is 755 g/mol. The van der Waals surface area contributed by atoms with Crippen molar-refractivity contribution in [2.24, 2.45) is 15.9 Å². The summed E-state index contributed by atoms with van der Waals surface area (Å²) in [6.07, 6.45) is 14.7. The lowest BCUT2D eigenvalue weighted by Crippen LogP contribution is -2.35. The Labute approximate surface area is 364 Å². The molecule has 0 saturated heterocycles. The van der Waals surface area contributed by atoms with Crippen LogP contribution < -0.4 is 5.32 Å². The van der Waals surface area contributed by atoms with Gasteiger partial charge in [0.2, 0.25) is 0 Å². The summed E-state index contributed by atoms with van der Waals surface area (Å²) in [5, 5.41) is 3.51. The first kappa shape index (κ1) is 38.7. The number of nitrogens with zero attached hydrogens (tertiary/aromatic N) is 4. The molecule has 3 unspecified atom stereocenters. The van der Waals surface area contributed by atoms with Crippen LogP contribution in [-0.2, 0) is 0 Å². The highest BCUT2D eigenvalue weighted by Gasteiger charge is 2.27. The van der Waals surface area contributed by atoms with Crippen molar-refractivity contribution >= 4 is 11.7 Å². The predicted octanol–water partition coefficient (Wildman–Crippen LogP) is 13.2. The van der Waals surface area contributed by atoms with Crippen molar-refractivity contribution in [2.75, 3.05) is 0 Å². The van der Waals surface area contributed by atoms with Crippen LogP contribution in [-0.4, -0.2) is 21.6 Å². The van der Waals surface area contributed by atoms with Crippen molar-refractivity contribution < 1.29 is 0 Å². The van der Waals surface area contributed by atoms with Crippen LogP contribution in [0, 0.1) is 12.8 Å². The molecule has 0 amide bonds. The molecule has 3 atom stereocenters. The van der Waals surface area contributed by atoms with Crippen LogP contribution in [0.5, 0.6) is 0 Å². The average molecular weight is 802 g/mol. The van der Waals surface area contributed by atoms with Crippen molar-refractivity contribution in [1.29, 1.82) is 0 Å². The molecule has 10 rings (SSSR count). The van der Waals surface area contributed by atoms with Gasteiger partial charge in [0.15, 0.2) is 12.0 Å². The summed E-state index contributed by atoms with van der Waals surface area (Å²) in [7, 11) is 0. The minimum absolute atomic E-state index is 0.0979. The number of aromatic nitrogens is 2. The second kappa shape index (κ2) is 17.2. The Morgan fingerprint density at radius 3 is 1.69 bits per heavy atom. The first-order valence-electron chi connectivity index (χ1n) is 21.6. The fourth-order valence-electron chi connectivity index (χ4n) is 8.81. The molecule has 0 radical (unpaired) electrons. The van der Waals surface area contributed by atoms with E-state index in [0.717, 1.165) is 79.8 Å². The van der Waals surface area contributed by atoms with Crippen LogP contribution >= 0.6 is 0 Å². The molecule has 2 aliphatic carbocycles. The Hall–Kier alpha value is -7.50. The summed E-state index contributed by atoms with van der Waals surface area (Å²) >= 11 is 0. The summed E-state index contributed by atoms with van der Waals surface area (Å²) in [6.45, 7) is 4.49. The van der Waals surface area contributed by atoms with Gasteiger partial charge in [0, 0.05) is 34.1 Å². The quantitative estimate of drug-likeness (QED) is 0.158. The zero-order chi connectivity index (χ0) is 41.8. The van der Waals surface area contributed by atoms with Gasteiger partial charge in [0.1, 0.15) is 11.7 Å². The van der Waals surface area contributed by atoms with E-state index in [1.54, 1.807) is 0 Å². The largest absolute Gasteiger partial charge is 0.324 e. The van der Waals surface area contributed by atoms with E-state index >= 15 is 0 Å². The predicted molar refractivity (Wildman–Crippen MR) is 255 cm³/mol. The summed E-state index contributed by atoms with van der Waals surface area (Å²) in [4.78, 5) is 21.0. The molecule has 5 nitrogen and oxygen atoms in total. The van der Waals surface area contributed by atoms with E-state index in [-0.39, 0.29) is 11.8 Å². The zero-order valence-electron chi connectivity index (χ0n) is 34.9. The molecule has 62 heavy (non-hydrogen) atoms. The lowest BCUT2D eigenvalue weighted by Gasteiger charge is -2.26. The molecule has 3 aliphatic rings. The molecule has 0 spiro atoms. The molecule has 1 N–H and O–H groups in total. The SMILES string of the molecule is Cc1c(-c2ccccc2)nc(-c2cccc(-c3cccc(C4N=C(c5ccccc5)NC(c5ccccc5)=N4)c3)c2)nc1C1C=CC(C2=CCC(c3ccccc3)C=C2)=CC1C. The zero-order valence-corrected chi connectivity index (χ0v) is 34.9. The van der Waals surface area contributed by atoms with E-state index in [1.165, 1.54) is 16.7 Å². The third-order valence-electron chi connectivity index (χ3n) is 12.2. The molecule has 2 heterocycles. The Balaban J connectivity index is 0.974. The van der Waals surface area contributed by atoms with Crippen LogP contribution in [0.25, 0.3) is 33.8 Å². The van der Waals surface area contributed by atoms with Crippen molar-refractivity contribution in [3.63, 3.8) is 0 Å². The third-order valence-corrected chi connectivity index (χ3v) is 12.2. The van der Waals surface area contributed by atoms with Gasteiger partial charge in [-0.3, -0.25) is 0 Å².